The Morgan fingerprint density at radius 3 is 2.76 bits per heavy atom. The molecule has 0 saturated heterocycles. The molecule has 0 unspecified atom stereocenters. The number of aromatic amines is 1. The Labute approximate surface area is 199 Å². The van der Waals surface area contributed by atoms with Crippen molar-refractivity contribution in [1.82, 2.24) is 14.4 Å². The molecule has 5 rings (SSSR count). The van der Waals surface area contributed by atoms with Crippen molar-refractivity contribution in [2.24, 2.45) is 0 Å². The highest BCUT2D eigenvalue weighted by atomic mass is 35.5. The monoisotopic (exact) mass is 473 g/mol. The summed E-state index contributed by atoms with van der Waals surface area (Å²) in [5.41, 5.74) is 13.4. The summed E-state index contributed by atoms with van der Waals surface area (Å²) in [7, 11) is 0. The number of hydrogen-bond acceptors (Lipinski definition) is 4. The van der Waals surface area contributed by atoms with Gasteiger partial charge in [-0.25, -0.2) is 4.98 Å². The summed E-state index contributed by atoms with van der Waals surface area (Å²) in [4.78, 5) is 20.9. The van der Waals surface area contributed by atoms with Crippen molar-refractivity contribution >= 4 is 51.2 Å². The van der Waals surface area contributed by atoms with Crippen molar-refractivity contribution in [2.75, 3.05) is 5.73 Å². The van der Waals surface area contributed by atoms with Crippen molar-refractivity contribution in [3.63, 3.8) is 0 Å². The summed E-state index contributed by atoms with van der Waals surface area (Å²) in [5, 5.41) is 9.27. The second-order valence-electron chi connectivity index (χ2n) is 7.59. The second kappa shape index (κ2) is 8.28. The topological polar surface area (TPSA) is 100.0 Å². The molecule has 0 fully saturated rings. The van der Waals surface area contributed by atoms with Gasteiger partial charge in [-0.3, -0.25) is 4.79 Å². The number of nitrogens with zero attached hydrogens (tertiary/aromatic N) is 3. The van der Waals surface area contributed by atoms with Crippen LogP contribution in [0.2, 0.25) is 0 Å². The number of rotatable bonds is 5. The molecule has 8 heteroatoms. The number of nitrogens with two attached hydrogens (primary N) is 1. The molecular weight excluding hydrogens is 457 g/mol. The number of imidazole rings is 1. The summed E-state index contributed by atoms with van der Waals surface area (Å²) in [6, 6.07) is 16.3. The molecule has 3 N–H and O–H groups in total. The first-order valence-electron chi connectivity index (χ1n) is 10.1. The van der Waals surface area contributed by atoms with Gasteiger partial charge in [-0.2, -0.15) is 5.26 Å². The smallest absolute Gasteiger partial charge is 0.209 e. The lowest BCUT2D eigenvalue weighted by Gasteiger charge is -2.15. The van der Waals surface area contributed by atoms with E-state index in [2.05, 4.69) is 9.97 Å². The van der Waals surface area contributed by atoms with E-state index in [1.54, 1.807) is 24.5 Å². The highest BCUT2D eigenvalue weighted by Gasteiger charge is 2.21. The van der Waals surface area contributed by atoms with Gasteiger partial charge in [-0.15, -0.1) is 23.2 Å². The highest BCUT2D eigenvalue weighted by Crippen LogP contribution is 2.37. The van der Waals surface area contributed by atoms with Gasteiger partial charge in [-0.05, 0) is 53.6 Å². The zero-order chi connectivity index (χ0) is 23.1. The van der Waals surface area contributed by atoms with E-state index < -0.39 is 0 Å². The molecule has 6 nitrogen and oxygen atoms in total. The average molecular weight is 474 g/mol. The normalized spacial score (nSPS) is 11.2. The number of fused-ring (bicyclic) bond motifs is 2. The van der Waals surface area contributed by atoms with Gasteiger partial charge in [0, 0.05) is 34.5 Å². The number of halogens is 2. The third-order valence-electron chi connectivity index (χ3n) is 5.80. The Morgan fingerprint density at radius 2 is 2.00 bits per heavy atom. The number of anilines is 1. The molecule has 162 valence electrons. The number of alkyl halides is 2. The van der Waals surface area contributed by atoms with E-state index in [1.165, 1.54) is 6.07 Å². The number of carbonyl (C=O) groups excluding carboxylic acids is 1. The number of pyridine rings is 1. The molecule has 5 aromatic rings. The quantitative estimate of drug-likeness (QED) is 0.195. The first kappa shape index (κ1) is 21.1. The van der Waals surface area contributed by atoms with Crippen LogP contribution in [0.3, 0.4) is 0 Å². The van der Waals surface area contributed by atoms with Crippen LogP contribution < -0.4 is 5.73 Å². The van der Waals surface area contributed by atoms with E-state index in [9.17, 15) is 10.1 Å². The van der Waals surface area contributed by atoms with Crippen LogP contribution in [-0.2, 0) is 11.8 Å². The maximum atomic E-state index is 13.3. The number of ketones is 1. The van der Waals surface area contributed by atoms with Crippen molar-refractivity contribution < 1.29 is 4.79 Å². The zero-order valence-electron chi connectivity index (χ0n) is 17.3. The predicted octanol–water partition coefficient (Wildman–Crippen LogP) is 5.65. The molecule has 3 heterocycles. The van der Waals surface area contributed by atoms with Crippen LogP contribution in [-0.4, -0.2) is 20.2 Å². The van der Waals surface area contributed by atoms with E-state index in [-0.39, 0.29) is 17.2 Å². The van der Waals surface area contributed by atoms with Crippen molar-refractivity contribution in [2.45, 2.75) is 11.8 Å². The van der Waals surface area contributed by atoms with Crippen LogP contribution in [0.5, 0.6) is 0 Å². The molecule has 0 amide bonds. The lowest BCUT2D eigenvalue weighted by atomic mass is 9.94. The number of nitrogen functional groups attached to an aromatic ring is 1. The number of H-pyrrole nitrogens is 1. The molecule has 0 atom stereocenters. The van der Waals surface area contributed by atoms with Gasteiger partial charge in [0.2, 0.25) is 5.78 Å². The molecule has 33 heavy (non-hydrogen) atoms. The lowest BCUT2D eigenvalue weighted by Crippen LogP contribution is -2.06. The van der Waals surface area contributed by atoms with E-state index in [0.29, 0.717) is 22.8 Å². The van der Waals surface area contributed by atoms with E-state index in [0.717, 1.165) is 38.8 Å². The molecule has 2 aromatic carbocycles. The Balaban J connectivity index is 1.72. The van der Waals surface area contributed by atoms with Gasteiger partial charge in [0.25, 0.3) is 0 Å². The number of benzene rings is 2. The Kier molecular flexibility index (Phi) is 5.29. The molecule has 0 saturated carbocycles. The first-order valence-corrected chi connectivity index (χ1v) is 11.2. The molecule has 0 spiro atoms. The number of hydrogen-bond donors (Lipinski definition) is 2. The van der Waals surface area contributed by atoms with Crippen LogP contribution >= 0.6 is 23.2 Å². The maximum absolute atomic E-state index is 13.3. The third-order valence-corrected chi connectivity index (χ3v) is 6.36. The largest absolute Gasteiger partial charge is 0.398 e. The Bertz CT molecular complexity index is 1590. The van der Waals surface area contributed by atoms with Crippen LogP contribution in [0.25, 0.3) is 27.7 Å². The standard InChI is InChI=1S/C25H17Cl2N5O/c26-10-15-9-20-24(31-13-30-20)18(11-27)23(15)17-2-1-7-32-21(17)5-6-22(32)25(33)14-3-4-19(29)16(8-14)12-28/h1-9,13H,10-11,29H2,(H,30,31). The minimum Gasteiger partial charge on any atom is -0.398 e. The Hall–Kier alpha value is -3.79. The molecule has 0 aliphatic rings. The summed E-state index contributed by atoms with van der Waals surface area (Å²) in [6.07, 6.45) is 3.47. The van der Waals surface area contributed by atoms with Crippen LogP contribution in [0.1, 0.15) is 32.7 Å². The third kappa shape index (κ3) is 3.34. The first-order chi connectivity index (χ1) is 16.1. The number of aromatic nitrogens is 3. The second-order valence-corrected chi connectivity index (χ2v) is 8.13. The molecule has 0 aliphatic carbocycles. The highest BCUT2D eigenvalue weighted by molar-refractivity contribution is 6.20. The average Bonchev–Trinajstić information content (AvgIpc) is 3.49. The van der Waals surface area contributed by atoms with Crippen LogP contribution in [0.4, 0.5) is 5.69 Å². The minimum atomic E-state index is -0.207. The lowest BCUT2D eigenvalue weighted by molar-refractivity contribution is 0.103. The fourth-order valence-electron chi connectivity index (χ4n) is 4.26. The number of carbonyl (C=O) groups is 1. The fraction of sp³-hybridized carbons (Fsp3) is 0.0800. The van der Waals surface area contributed by atoms with Gasteiger partial charge in [0.1, 0.15) is 6.07 Å². The SMILES string of the molecule is N#Cc1cc(C(=O)c2ccc3c(-c4c(CCl)cc5[nH]cnc5c4CCl)cccn23)ccc1N. The van der Waals surface area contributed by atoms with Gasteiger partial charge >= 0.3 is 0 Å². The molecule has 0 bridgehead atoms. The summed E-state index contributed by atoms with van der Waals surface area (Å²) < 4.78 is 1.84. The minimum absolute atomic E-state index is 0.207. The van der Waals surface area contributed by atoms with Crippen LogP contribution in [0, 0.1) is 11.3 Å². The summed E-state index contributed by atoms with van der Waals surface area (Å²) in [5.74, 6) is 0.350. The van der Waals surface area contributed by atoms with E-state index in [1.807, 2.05) is 40.9 Å². The van der Waals surface area contributed by atoms with Gasteiger partial charge < -0.3 is 15.1 Å². The zero-order valence-corrected chi connectivity index (χ0v) is 18.8. The van der Waals surface area contributed by atoms with E-state index in [4.69, 9.17) is 28.9 Å². The molecule has 0 aliphatic heterocycles. The number of nitriles is 1. The Morgan fingerprint density at radius 1 is 1.15 bits per heavy atom. The molecular formula is C25H17Cl2N5O. The number of nitrogens with one attached hydrogen (secondary N) is 1. The fourth-order valence-corrected chi connectivity index (χ4v) is 4.73. The van der Waals surface area contributed by atoms with Crippen molar-refractivity contribution in [1.29, 1.82) is 5.26 Å². The van der Waals surface area contributed by atoms with Crippen LogP contribution in [0.15, 0.2) is 61.1 Å². The van der Waals surface area contributed by atoms with Gasteiger partial charge in [-0.1, -0.05) is 6.07 Å². The van der Waals surface area contributed by atoms with Crippen molar-refractivity contribution in [3.05, 3.63) is 89.0 Å². The maximum Gasteiger partial charge on any atom is 0.209 e. The van der Waals surface area contributed by atoms with Gasteiger partial charge in [0.05, 0.1) is 40.0 Å². The molecule has 3 aromatic heterocycles. The van der Waals surface area contributed by atoms with Crippen molar-refractivity contribution in [3.8, 4) is 17.2 Å². The predicted molar refractivity (Wildman–Crippen MR) is 131 cm³/mol. The summed E-state index contributed by atoms with van der Waals surface area (Å²) in [6.45, 7) is 0. The summed E-state index contributed by atoms with van der Waals surface area (Å²) >= 11 is 12.7. The molecule has 0 radical (unpaired) electrons. The van der Waals surface area contributed by atoms with Gasteiger partial charge in [0.15, 0.2) is 0 Å². The van der Waals surface area contributed by atoms with E-state index >= 15 is 0 Å².